The van der Waals surface area contributed by atoms with Gasteiger partial charge in [0.05, 0.1) is 11.2 Å². The minimum Gasteiger partial charge on any atom is -0.361 e. The molecule has 82 valence electrons. The normalized spacial score (nSPS) is 34.8. The van der Waals surface area contributed by atoms with E-state index < -0.39 is 0 Å². The zero-order chi connectivity index (χ0) is 10.4. The van der Waals surface area contributed by atoms with E-state index in [9.17, 15) is 0 Å². The van der Waals surface area contributed by atoms with E-state index in [-0.39, 0.29) is 0 Å². The second-order valence-corrected chi connectivity index (χ2v) is 6.01. The maximum atomic E-state index is 6.19. The Hall–Kier alpha value is -0.610. The summed E-state index contributed by atoms with van der Waals surface area (Å²) >= 11 is 1.80. The number of hydrogen-bond donors (Lipinski definition) is 1. The molecule has 2 aliphatic rings. The lowest BCUT2D eigenvalue weighted by Crippen LogP contribution is -2.48. The predicted octanol–water partition coefficient (Wildman–Crippen LogP) is 1.63. The molecule has 1 aliphatic heterocycles. The highest BCUT2D eigenvalue weighted by molar-refractivity contribution is 7.15. The molecule has 1 saturated heterocycles. The summed E-state index contributed by atoms with van der Waals surface area (Å²) in [6, 6.07) is 0.454. The molecule has 1 aliphatic carbocycles. The number of rotatable bonds is 1. The van der Waals surface area contributed by atoms with Crippen molar-refractivity contribution in [3.8, 4) is 0 Å². The summed E-state index contributed by atoms with van der Waals surface area (Å²) in [5.41, 5.74) is 6.19. The first-order chi connectivity index (χ1) is 7.24. The van der Waals surface area contributed by atoms with E-state index in [2.05, 4.69) is 16.8 Å². The molecule has 2 bridgehead atoms. The summed E-state index contributed by atoms with van der Waals surface area (Å²) < 4.78 is 0. The highest BCUT2D eigenvalue weighted by atomic mass is 32.1. The molecule has 1 aromatic rings. The van der Waals surface area contributed by atoms with Gasteiger partial charge in [0, 0.05) is 19.1 Å². The maximum Gasteiger partial charge on any atom is 0.111 e. The molecule has 3 nitrogen and oxygen atoms in total. The second kappa shape index (κ2) is 3.46. The highest BCUT2D eigenvalue weighted by Crippen LogP contribution is 2.38. The fraction of sp³-hybridized carbons (Fsp3) is 0.727. The van der Waals surface area contributed by atoms with E-state index in [4.69, 9.17) is 5.73 Å². The van der Waals surface area contributed by atoms with Crippen molar-refractivity contribution in [3.63, 3.8) is 0 Å². The Labute approximate surface area is 94.3 Å². The van der Waals surface area contributed by atoms with Gasteiger partial charge in [0.25, 0.3) is 0 Å². The van der Waals surface area contributed by atoms with Crippen molar-refractivity contribution >= 4 is 16.3 Å². The number of hydrogen-bond acceptors (Lipinski definition) is 4. The molecule has 3 rings (SSSR count). The Morgan fingerprint density at radius 1 is 1.40 bits per heavy atom. The fourth-order valence-electron chi connectivity index (χ4n) is 2.94. The number of nitrogens with zero attached hydrogens (tertiary/aromatic N) is 2. The van der Waals surface area contributed by atoms with Gasteiger partial charge in [0.15, 0.2) is 0 Å². The quantitative estimate of drug-likeness (QED) is 0.786. The minimum atomic E-state index is 0.454. The summed E-state index contributed by atoms with van der Waals surface area (Å²) in [6.07, 6.45) is 4.65. The third-order valence-corrected chi connectivity index (χ3v) is 4.80. The molecule has 1 saturated carbocycles. The van der Waals surface area contributed by atoms with Crippen molar-refractivity contribution in [2.75, 3.05) is 18.0 Å². The molecule has 0 spiro atoms. The number of aryl methyl sites for hydroxylation is 1. The van der Waals surface area contributed by atoms with Crippen molar-refractivity contribution < 1.29 is 0 Å². The molecular weight excluding hydrogens is 206 g/mol. The Morgan fingerprint density at radius 2 is 2.07 bits per heavy atom. The number of fused-ring (bicyclic) bond motifs is 2. The van der Waals surface area contributed by atoms with Crippen LogP contribution in [0.5, 0.6) is 0 Å². The summed E-state index contributed by atoms with van der Waals surface area (Å²) in [7, 11) is 0. The van der Waals surface area contributed by atoms with E-state index in [1.807, 2.05) is 6.20 Å². The van der Waals surface area contributed by atoms with Crippen LogP contribution in [0.4, 0.5) is 5.00 Å². The lowest BCUT2D eigenvalue weighted by molar-refractivity contribution is 0.357. The van der Waals surface area contributed by atoms with Crippen molar-refractivity contribution in [3.05, 3.63) is 11.2 Å². The molecule has 4 heteroatoms. The fourth-order valence-corrected chi connectivity index (χ4v) is 3.73. The largest absolute Gasteiger partial charge is 0.361 e. The number of thiazole rings is 1. The summed E-state index contributed by atoms with van der Waals surface area (Å²) in [5.74, 6) is 1.43. The molecule has 2 unspecified atom stereocenters. The molecule has 15 heavy (non-hydrogen) atoms. The molecule has 1 aromatic heterocycles. The van der Waals surface area contributed by atoms with Crippen molar-refractivity contribution in [2.45, 2.75) is 25.8 Å². The molecular formula is C11H17N3S. The van der Waals surface area contributed by atoms with Gasteiger partial charge in [-0.3, -0.25) is 0 Å². The number of piperidine rings is 1. The average molecular weight is 223 g/mol. The smallest absolute Gasteiger partial charge is 0.111 e. The Balaban J connectivity index is 1.80. The lowest BCUT2D eigenvalue weighted by atomic mass is 9.93. The molecule has 2 atom stereocenters. The monoisotopic (exact) mass is 223 g/mol. The predicted molar refractivity (Wildman–Crippen MR) is 63.3 cm³/mol. The van der Waals surface area contributed by atoms with Gasteiger partial charge >= 0.3 is 0 Å². The Bertz CT molecular complexity index is 348. The second-order valence-electron chi connectivity index (χ2n) is 4.80. The zero-order valence-electron chi connectivity index (χ0n) is 9.02. The number of aromatic nitrogens is 1. The van der Waals surface area contributed by atoms with E-state index in [0.29, 0.717) is 17.9 Å². The van der Waals surface area contributed by atoms with Crippen LogP contribution in [0.25, 0.3) is 0 Å². The van der Waals surface area contributed by atoms with Gasteiger partial charge in [-0.25, -0.2) is 4.98 Å². The first-order valence-corrected chi connectivity index (χ1v) is 6.48. The van der Waals surface area contributed by atoms with Gasteiger partial charge in [-0.05, 0) is 31.6 Å². The third-order valence-electron chi connectivity index (χ3n) is 3.83. The van der Waals surface area contributed by atoms with Gasteiger partial charge in [-0.15, -0.1) is 11.3 Å². The van der Waals surface area contributed by atoms with E-state index in [1.54, 1.807) is 11.3 Å². The van der Waals surface area contributed by atoms with Gasteiger partial charge in [-0.1, -0.05) is 0 Å². The molecule has 2 heterocycles. The van der Waals surface area contributed by atoms with Crippen molar-refractivity contribution in [1.29, 1.82) is 0 Å². The third kappa shape index (κ3) is 1.56. The Morgan fingerprint density at radius 3 is 2.60 bits per heavy atom. The van der Waals surface area contributed by atoms with Crippen LogP contribution in [0.2, 0.25) is 0 Å². The highest BCUT2D eigenvalue weighted by Gasteiger charge is 2.40. The van der Waals surface area contributed by atoms with Gasteiger partial charge in [0.2, 0.25) is 0 Å². The van der Waals surface area contributed by atoms with Crippen LogP contribution in [0.3, 0.4) is 0 Å². The van der Waals surface area contributed by atoms with E-state index in [0.717, 1.165) is 18.1 Å². The topological polar surface area (TPSA) is 42.2 Å². The number of anilines is 1. The molecule has 0 aromatic carbocycles. The van der Waals surface area contributed by atoms with Gasteiger partial charge in [0.1, 0.15) is 5.00 Å². The van der Waals surface area contributed by atoms with Crippen LogP contribution in [0.15, 0.2) is 6.20 Å². The maximum absolute atomic E-state index is 6.19. The van der Waals surface area contributed by atoms with Crippen LogP contribution in [-0.4, -0.2) is 24.1 Å². The minimum absolute atomic E-state index is 0.454. The van der Waals surface area contributed by atoms with Gasteiger partial charge < -0.3 is 10.6 Å². The van der Waals surface area contributed by atoms with Crippen LogP contribution in [0, 0.1) is 18.8 Å². The summed E-state index contributed by atoms with van der Waals surface area (Å²) in [5, 5.41) is 2.49. The number of nitrogens with two attached hydrogens (primary N) is 1. The summed E-state index contributed by atoms with van der Waals surface area (Å²) in [6.45, 7) is 4.34. The standard InChI is InChI=1S/C11H17N3S/c1-7-13-4-10(15-7)14-5-8-2-3-9(6-14)11(8)12/h4,8-9,11H,2-3,5-6,12H2,1H3. The summed E-state index contributed by atoms with van der Waals surface area (Å²) in [4.78, 5) is 6.81. The molecule has 2 fully saturated rings. The SMILES string of the molecule is Cc1ncc(N2CC3CCC(C2)C3N)s1. The average Bonchev–Trinajstić information content (AvgIpc) is 2.70. The van der Waals surface area contributed by atoms with Crippen molar-refractivity contribution in [1.82, 2.24) is 4.98 Å². The van der Waals surface area contributed by atoms with Crippen LogP contribution in [-0.2, 0) is 0 Å². The van der Waals surface area contributed by atoms with Crippen LogP contribution in [0.1, 0.15) is 17.8 Å². The van der Waals surface area contributed by atoms with Crippen LogP contribution >= 0.6 is 11.3 Å². The first kappa shape index (κ1) is 9.60. The molecule has 2 N–H and O–H groups in total. The molecule has 0 radical (unpaired) electrons. The van der Waals surface area contributed by atoms with Crippen LogP contribution < -0.4 is 10.6 Å². The zero-order valence-corrected chi connectivity index (χ0v) is 9.83. The Kier molecular flexibility index (Phi) is 2.21. The van der Waals surface area contributed by atoms with Crippen molar-refractivity contribution in [2.24, 2.45) is 17.6 Å². The molecule has 0 amide bonds. The lowest BCUT2D eigenvalue weighted by Gasteiger charge is -2.36. The van der Waals surface area contributed by atoms with E-state index >= 15 is 0 Å². The van der Waals surface area contributed by atoms with E-state index in [1.165, 1.54) is 17.8 Å². The first-order valence-electron chi connectivity index (χ1n) is 5.67. The van der Waals surface area contributed by atoms with Gasteiger partial charge in [-0.2, -0.15) is 0 Å².